The van der Waals surface area contributed by atoms with Crippen LogP contribution in [-0.2, 0) is 13.0 Å². The van der Waals surface area contributed by atoms with Crippen molar-refractivity contribution < 1.29 is 14.3 Å². The van der Waals surface area contributed by atoms with Gasteiger partial charge in [0.05, 0.1) is 6.61 Å². The first-order valence-corrected chi connectivity index (χ1v) is 10.5. The third-order valence-electron chi connectivity index (χ3n) is 5.09. The van der Waals surface area contributed by atoms with E-state index in [4.69, 9.17) is 9.47 Å². The smallest absolute Gasteiger partial charge is 0.269 e. The zero-order valence-electron chi connectivity index (χ0n) is 17.8. The molecule has 0 aliphatic heterocycles. The van der Waals surface area contributed by atoms with E-state index < -0.39 is 0 Å². The van der Waals surface area contributed by atoms with Crippen molar-refractivity contribution in [3.8, 4) is 11.6 Å². The first-order chi connectivity index (χ1) is 15.2. The quantitative estimate of drug-likeness (QED) is 0.571. The van der Waals surface area contributed by atoms with Crippen molar-refractivity contribution in [3.63, 3.8) is 0 Å². The molecule has 0 aromatic carbocycles. The van der Waals surface area contributed by atoms with Crippen LogP contribution in [0, 0.1) is 0 Å². The number of rotatable bonds is 9. The maximum absolute atomic E-state index is 11.8. The minimum atomic E-state index is -0.210. The second-order valence-corrected chi connectivity index (χ2v) is 7.54. The highest BCUT2D eigenvalue weighted by Gasteiger charge is 2.24. The normalized spacial score (nSPS) is 13.0. The highest BCUT2D eigenvalue weighted by molar-refractivity contribution is 5.92. The molecule has 3 aromatic rings. The number of amides is 1. The topological polar surface area (TPSA) is 86.2 Å². The molecule has 1 aliphatic carbocycles. The van der Waals surface area contributed by atoms with Crippen molar-refractivity contribution in [2.24, 2.45) is 0 Å². The fraction of sp³-hybridized carbons (Fsp3) is 0.333. The number of nitrogens with one attached hydrogen (secondary N) is 1. The molecular weight excluding hydrogens is 392 g/mol. The third-order valence-corrected chi connectivity index (χ3v) is 5.09. The van der Waals surface area contributed by atoms with Crippen LogP contribution in [0.2, 0.25) is 0 Å². The van der Waals surface area contributed by atoms with Gasteiger partial charge >= 0.3 is 0 Å². The summed E-state index contributed by atoms with van der Waals surface area (Å²) in [5, 5.41) is 2.59. The van der Waals surface area contributed by atoms with Gasteiger partial charge in [0.25, 0.3) is 11.8 Å². The molecule has 1 saturated carbocycles. The Labute approximate surface area is 181 Å². The summed E-state index contributed by atoms with van der Waals surface area (Å²) in [6.45, 7) is 2.81. The second-order valence-electron chi connectivity index (χ2n) is 7.54. The molecule has 7 nitrogen and oxygen atoms in total. The lowest BCUT2D eigenvalue weighted by atomic mass is 10.1. The Kier molecular flexibility index (Phi) is 6.40. The highest BCUT2D eigenvalue weighted by Crippen LogP contribution is 2.38. The van der Waals surface area contributed by atoms with Gasteiger partial charge in [-0.25, -0.2) is 4.98 Å². The van der Waals surface area contributed by atoms with Crippen molar-refractivity contribution >= 4 is 5.91 Å². The van der Waals surface area contributed by atoms with E-state index in [2.05, 4.69) is 32.4 Å². The Morgan fingerprint density at radius 2 is 1.87 bits per heavy atom. The Morgan fingerprint density at radius 1 is 1.03 bits per heavy atom. The van der Waals surface area contributed by atoms with Gasteiger partial charge in [0, 0.05) is 42.8 Å². The molecule has 0 unspecified atom stereocenters. The molecule has 1 fully saturated rings. The van der Waals surface area contributed by atoms with Crippen molar-refractivity contribution in [2.75, 3.05) is 13.7 Å². The van der Waals surface area contributed by atoms with Crippen LogP contribution in [0.25, 0.3) is 0 Å². The molecule has 7 heteroatoms. The lowest BCUT2D eigenvalue weighted by Crippen LogP contribution is -2.19. The summed E-state index contributed by atoms with van der Waals surface area (Å²) in [4.78, 5) is 24.9. The van der Waals surface area contributed by atoms with E-state index in [-0.39, 0.29) is 5.91 Å². The van der Waals surface area contributed by atoms with Crippen LogP contribution < -0.4 is 14.8 Å². The van der Waals surface area contributed by atoms with Gasteiger partial charge in [-0.05, 0) is 61.6 Å². The monoisotopic (exact) mass is 418 g/mol. The number of carbonyl (C=O) groups is 1. The van der Waals surface area contributed by atoms with Gasteiger partial charge in [0.1, 0.15) is 12.3 Å². The number of carbonyl (C=O) groups excluding carboxylic acids is 1. The average Bonchev–Trinajstić information content (AvgIpc) is 3.64. The molecular formula is C24H26N4O3. The van der Waals surface area contributed by atoms with Crippen LogP contribution in [0.4, 0.5) is 0 Å². The molecule has 4 rings (SSSR count). The number of hydrogen-bond donors (Lipinski definition) is 1. The predicted molar refractivity (Wildman–Crippen MR) is 116 cm³/mol. The Hall–Kier alpha value is -3.48. The summed E-state index contributed by atoms with van der Waals surface area (Å²) in [5.74, 6) is 1.49. The van der Waals surface area contributed by atoms with E-state index in [1.807, 2.05) is 25.3 Å². The zero-order valence-corrected chi connectivity index (χ0v) is 17.8. The average molecular weight is 418 g/mol. The van der Waals surface area contributed by atoms with Crippen molar-refractivity contribution in [1.29, 1.82) is 0 Å². The van der Waals surface area contributed by atoms with Crippen LogP contribution in [0.3, 0.4) is 0 Å². The molecule has 0 atom stereocenters. The largest absolute Gasteiger partial charge is 0.488 e. The number of pyridine rings is 3. The van der Waals surface area contributed by atoms with E-state index >= 15 is 0 Å². The van der Waals surface area contributed by atoms with Gasteiger partial charge < -0.3 is 14.8 Å². The summed E-state index contributed by atoms with van der Waals surface area (Å²) < 4.78 is 11.7. The molecule has 1 aliphatic rings. The summed E-state index contributed by atoms with van der Waals surface area (Å²) in [7, 11) is 1.59. The van der Waals surface area contributed by atoms with Crippen LogP contribution in [0.15, 0.2) is 48.9 Å². The molecule has 0 spiro atoms. The Balaban J connectivity index is 1.45. The van der Waals surface area contributed by atoms with Gasteiger partial charge in [-0.15, -0.1) is 0 Å². The minimum absolute atomic E-state index is 0.210. The molecule has 0 radical (unpaired) electrons. The third kappa shape index (κ3) is 5.36. The van der Waals surface area contributed by atoms with Gasteiger partial charge in [-0.3, -0.25) is 14.8 Å². The van der Waals surface area contributed by atoms with Crippen molar-refractivity contribution in [1.82, 2.24) is 20.3 Å². The highest BCUT2D eigenvalue weighted by atomic mass is 16.5. The molecule has 1 N–H and O–H groups in total. The number of aromatic nitrogens is 3. The van der Waals surface area contributed by atoms with E-state index in [1.54, 1.807) is 25.5 Å². The fourth-order valence-electron chi connectivity index (χ4n) is 3.30. The summed E-state index contributed by atoms with van der Waals surface area (Å²) in [6, 6.07) is 9.73. The van der Waals surface area contributed by atoms with Gasteiger partial charge in [-0.1, -0.05) is 6.07 Å². The minimum Gasteiger partial charge on any atom is -0.488 e. The summed E-state index contributed by atoms with van der Waals surface area (Å²) >= 11 is 0. The van der Waals surface area contributed by atoms with Crippen LogP contribution in [-0.4, -0.2) is 34.5 Å². The van der Waals surface area contributed by atoms with Crippen LogP contribution in [0.1, 0.15) is 58.6 Å². The molecule has 0 saturated heterocycles. The number of hydrogen-bond acceptors (Lipinski definition) is 6. The maximum atomic E-state index is 11.8. The molecule has 31 heavy (non-hydrogen) atoms. The van der Waals surface area contributed by atoms with Gasteiger partial charge in [0.2, 0.25) is 0 Å². The lowest BCUT2D eigenvalue weighted by Gasteiger charge is -2.13. The molecule has 160 valence electrons. The Morgan fingerprint density at radius 3 is 2.58 bits per heavy atom. The standard InChI is InChI=1S/C24H26N4O3/c1-3-30-22-12-18(10-16-8-9-26-21(11-16)23(29)25-2)14-28-24(22)31-15-17-4-7-20(27-13-17)19-5-6-19/h4,7-9,11-14,19H,3,5-6,10,15H2,1-2H3,(H,25,29). The van der Waals surface area contributed by atoms with E-state index in [9.17, 15) is 4.79 Å². The summed E-state index contributed by atoms with van der Waals surface area (Å²) in [6.07, 6.45) is 8.36. The Bertz CT molecular complexity index is 1050. The van der Waals surface area contributed by atoms with Crippen molar-refractivity contribution in [2.45, 2.75) is 38.7 Å². The first-order valence-electron chi connectivity index (χ1n) is 10.5. The van der Waals surface area contributed by atoms with Gasteiger partial charge in [0.15, 0.2) is 5.75 Å². The fourth-order valence-corrected chi connectivity index (χ4v) is 3.30. The molecule has 0 bridgehead atoms. The first kappa shape index (κ1) is 20.8. The summed E-state index contributed by atoms with van der Waals surface area (Å²) in [5.41, 5.74) is 4.47. The lowest BCUT2D eigenvalue weighted by molar-refractivity contribution is 0.0958. The van der Waals surface area contributed by atoms with E-state index in [1.165, 1.54) is 12.8 Å². The molecule has 1 amide bonds. The zero-order chi connectivity index (χ0) is 21.6. The van der Waals surface area contributed by atoms with E-state index in [0.29, 0.717) is 42.9 Å². The SMILES string of the molecule is CCOc1cc(Cc2ccnc(C(=O)NC)c2)cnc1OCc1ccc(C2CC2)nc1. The molecule has 3 aromatic heterocycles. The van der Waals surface area contributed by atoms with Crippen molar-refractivity contribution in [3.05, 3.63) is 77.0 Å². The maximum Gasteiger partial charge on any atom is 0.269 e. The number of ether oxygens (including phenoxy) is 2. The molecule has 3 heterocycles. The second kappa shape index (κ2) is 9.55. The number of nitrogens with zero attached hydrogens (tertiary/aromatic N) is 3. The van der Waals surface area contributed by atoms with E-state index in [0.717, 1.165) is 22.4 Å². The van der Waals surface area contributed by atoms with Crippen LogP contribution >= 0.6 is 0 Å². The van der Waals surface area contributed by atoms with Gasteiger partial charge in [-0.2, -0.15) is 0 Å². The van der Waals surface area contributed by atoms with Crippen LogP contribution in [0.5, 0.6) is 11.6 Å². The predicted octanol–water partition coefficient (Wildman–Crippen LogP) is 3.68.